The van der Waals surface area contributed by atoms with E-state index >= 15 is 0 Å². The van der Waals surface area contributed by atoms with E-state index in [1.165, 1.54) is 0 Å². The van der Waals surface area contributed by atoms with E-state index in [1.807, 2.05) is 23.1 Å². The van der Waals surface area contributed by atoms with Crippen molar-refractivity contribution in [3.63, 3.8) is 0 Å². The maximum absolute atomic E-state index is 11.9. The molecule has 0 unspecified atom stereocenters. The number of benzene rings is 1. The van der Waals surface area contributed by atoms with Gasteiger partial charge in [0.1, 0.15) is 0 Å². The Morgan fingerprint density at radius 3 is 2.55 bits per heavy atom. The summed E-state index contributed by atoms with van der Waals surface area (Å²) in [5, 5.41) is 6.05. The van der Waals surface area contributed by atoms with Crippen molar-refractivity contribution >= 4 is 11.8 Å². The van der Waals surface area contributed by atoms with Gasteiger partial charge in [-0.2, -0.15) is 0 Å². The lowest BCUT2D eigenvalue weighted by molar-refractivity contribution is -0.131. The van der Waals surface area contributed by atoms with Crippen molar-refractivity contribution in [3.8, 4) is 0 Å². The number of nitrogens with zero attached hydrogens (tertiary/aromatic N) is 1. The second-order valence-corrected chi connectivity index (χ2v) is 4.86. The molecule has 2 rings (SSSR count). The van der Waals surface area contributed by atoms with E-state index in [2.05, 4.69) is 10.6 Å². The fourth-order valence-corrected chi connectivity index (χ4v) is 2.21. The van der Waals surface area contributed by atoms with Crippen LogP contribution >= 0.6 is 0 Å². The monoisotopic (exact) mass is 275 g/mol. The SMILES string of the molecule is O=C(NCCCC(=O)N1CCNCC1)c1ccccc1. The normalized spacial score (nSPS) is 14.9. The molecule has 5 heteroatoms. The molecular formula is C15H21N3O2. The van der Waals surface area contributed by atoms with Crippen LogP contribution in [0, 0.1) is 0 Å². The van der Waals surface area contributed by atoms with Gasteiger partial charge in [0.05, 0.1) is 0 Å². The highest BCUT2D eigenvalue weighted by atomic mass is 16.2. The van der Waals surface area contributed by atoms with E-state index in [4.69, 9.17) is 0 Å². The first kappa shape index (κ1) is 14.5. The number of carbonyl (C=O) groups is 2. The molecule has 2 N–H and O–H groups in total. The Balaban J connectivity index is 1.64. The summed E-state index contributed by atoms with van der Waals surface area (Å²) in [6, 6.07) is 9.11. The molecule has 1 fully saturated rings. The molecule has 0 aliphatic carbocycles. The summed E-state index contributed by atoms with van der Waals surface area (Å²) in [5.41, 5.74) is 0.654. The lowest BCUT2D eigenvalue weighted by Gasteiger charge is -2.27. The number of hydrogen-bond acceptors (Lipinski definition) is 3. The van der Waals surface area contributed by atoms with Crippen molar-refractivity contribution in [1.82, 2.24) is 15.5 Å². The molecule has 5 nitrogen and oxygen atoms in total. The van der Waals surface area contributed by atoms with Gasteiger partial charge in [0, 0.05) is 44.7 Å². The Kier molecular flexibility index (Phi) is 5.55. The summed E-state index contributed by atoms with van der Waals surface area (Å²) in [5.74, 6) is 0.0979. The molecule has 2 amide bonds. The predicted molar refractivity (Wildman–Crippen MR) is 77.5 cm³/mol. The first-order chi connectivity index (χ1) is 9.77. The van der Waals surface area contributed by atoms with Crippen molar-refractivity contribution in [1.29, 1.82) is 0 Å². The van der Waals surface area contributed by atoms with Crippen molar-refractivity contribution in [2.45, 2.75) is 12.8 Å². The predicted octanol–water partition coefficient (Wildman–Crippen LogP) is 0.628. The summed E-state index contributed by atoms with van der Waals surface area (Å²) in [4.78, 5) is 25.6. The van der Waals surface area contributed by atoms with Crippen LogP contribution in [0.1, 0.15) is 23.2 Å². The smallest absolute Gasteiger partial charge is 0.251 e. The first-order valence-electron chi connectivity index (χ1n) is 7.09. The van der Waals surface area contributed by atoms with Gasteiger partial charge in [0.25, 0.3) is 5.91 Å². The van der Waals surface area contributed by atoms with E-state index < -0.39 is 0 Å². The first-order valence-corrected chi connectivity index (χ1v) is 7.09. The van der Waals surface area contributed by atoms with Crippen LogP contribution in [0.5, 0.6) is 0 Å². The standard InChI is InChI=1S/C15H21N3O2/c19-14(18-11-9-16-10-12-18)7-4-8-17-15(20)13-5-2-1-3-6-13/h1-3,5-6,16H,4,7-12H2,(H,17,20). The molecule has 108 valence electrons. The number of amides is 2. The maximum Gasteiger partial charge on any atom is 0.251 e. The van der Waals surface area contributed by atoms with Gasteiger partial charge in [-0.1, -0.05) is 18.2 Å². The highest BCUT2D eigenvalue weighted by Gasteiger charge is 2.15. The van der Waals surface area contributed by atoms with Gasteiger partial charge in [0.15, 0.2) is 0 Å². The summed E-state index contributed by atoms with van der Waals surface area (Å²) < 4.78 is 0. The molecule has 0 radical (unpaired) electrons. The van der Waals surface area contributed by atoms with Crippen LogP contribution in [0.4, 0.5) is 0 Å². The molecule has 20 heavy (non-hydrogen) atoms. The Labute approximate surface area is 119 Å². The van der Waals surface area contributed by atoms with E-state index in [1.54, 1.807) is 12.1 Å². The molecule has 0 bridgehead atoms. The highest BCUT2D eigenvalue weighted by Crippen LogP contribution is 2.01. The maximum atomic E-state index is 11.9. The fraction of sp³-hybridized carbons (Fsp3) is 0.467. The Morgan fingerprint density at radius 1 is 1.15 bits per heavy atom. The molecule has 1 aliphatic heterocycles. The van der Waals surface area contributed by atoms with Crippen LogP contribution in [0.3, 0.4) is 0 Å². The average molecular weight is 275 g/mol. The van der Waals surface area contributed by atoms with Crippen molar-refractivity contribution < 1.29 is 9.59 Å². The summed E-state index contributed by atoms with van der Waals surface area (Å²) in [7, 11) is 0. The average Bonchev–Trinajstić information content (AvgIpc) is 2.53. The van der Waals surface area contributed by atoms with Gasteiger partial charge in [0.2, 0.25) is 5.91 Å². The van der Waals surface area contributed by atoms with Gasteiger partial charge in [-0.3, -0.25) is 9.59 Å². The molecule has 1 heterocycles. The topological polar surface area (TPSA) is 61.4 Å². The van der Waals surface area contributed by atoms with Crippen LogP contribution in [-0.4, -0.2) is 49.4 Å². The van der Waals surface area contributed by atoms with Gasteiger partial charge < -0.3 is 15.5 Å². The second-order valence-electron chi connectivity index (χ2n) is 4.86. The van der Waals surface area contributed by atoms with E-state index in [0.29, 0.717) is 24.9 Å². The van der Waals surface area contributed by atoms with Crippen molar-refractivity contribution in [3.05, 3.63) is 35.9 Å². The molecule has 1 aromatic rings. The number of piperazine rings is 1. The lowest BCUT2D eigenvalue weighted by atomic mass is 10.2. The van der Waals surface area contributed by atoms with Crippen molar-refractivity contribution in [2.75, 3.05) is 32.7 Å². The van der Waals surface area contributed by atoms with Gasteiger partial charge in [-0.05, 0) is 18.6 Å². The van der Waals surface area contributed by atoms with E-state index in [9.17, 15) is 9.59 Å². The molecular weight excluding hydrogens is 254 g/mol. The molecule has 0 saturated carbocycles. The van der Waals surface area contributed by atoms with Gasteiger partial charge in [-0.15, -0.1) is 0 Å². The summed E-state index contributed by atoms with van der Waals surface area (Å²) in [6.07, 6.45) is 1.18. The van der Waals surface area contributed by atoms with E-state index in [-0.39, 0.29) is 11.8 Å². The van der Waals surface area contributed by atoms with Gasteiger partial charge >= 0.3 is 0 Å². The molecule has 0 spiro atoms. The number of rotatable bonds is 5. The minimum atomic E-state index is -0.0831. The quantitative estimate of drug-likeness (QED) is 0.775. The minimum absolute atomic E-state index is 0.0831. The largest absolute Gasteiger partial charge is 0.352 e. The van der Waals surface area contributed by atoms with Crippen LogP contribution in [0.25, 0.3) is 0 Å². The van der Waals surface area contributed by atoms with Crippen LogP contribution in [0.2, 0.25) is 0 Å². The molecule has 1 aliphatic rings. The van der Waals surface area contributed by atoms with Crippen molar-refractivity contribution in [2.24, 2.45) is 0 Å². The fourth-order valence-electron chi connectivity index (χ4n) is 2.21. The van der Waals surface area contributed by atoms with Crippen LogP contribution in [0.15, 0.2) is 30.3 Å². The van der Waals surface area contributed by atoms with Crippen LogP contribution in [-0.2, 0) is 4.79 Å². The second kappa shape index (κ2) is 7.65. The minimum Gasteiger partial charge on any atom is -0.352 e. The third-order valence-electron chi connectivity index (χ3n) is 3.36. The molecule has 1 aromatic carbocycles. The summed E-state index contributed by atoms with van der Waals surface area (Å²) in [6.45, 7) is 3.85. The molecule has 1 saturated heterocycles. The zero-order valence-corrected chi connectivity index (χ0v) is 11.6. The Bertz CT molecular complexity index is 442. The third kappa shape index (κ3) is 4.35. The highest BCUT2D eigenvalue weighted by molar-refractivity contribution is 5.94. The Hall–Kier alpha value is -1.88. The molecule has 0 aromatic heterocycles. The third-order valence-corrected chi connectivity index (χ3v) is 3.36. The van der Waals surface area contributed by atoms with Gasteiger partial charge in [-0.25, -0.2) is 0 Å². The zero-order valence-electron chi connectivity index (χ0n) is 11.6. The molecule has 0 atom stereocenters. The number of carbonyl (C=O) groups excluding carboxylic acids is 2. The van der Waals surface area contributed by atoms with Crippen LogP contribution < -0.4 is 10.6 Å². The Morgan fingerprint density at radius 2 is 1.85 bits per heavy atom. The summed E-state index contributed by atoms with van der Waals surface area (Å²) >= 11 is 0. The zero-order chi connectivity index (χ0) is 14.2. The number of hydrogen-bond donors (Lipinski definition) is 2. The van der Waals surface area contributed by atoms with E-state index in [0.717, 1.165) is 26.2 Å². The lowest BCUT2D eigenvalue weighted by Crippen LogP contribution is -2.46. The number of nitrogens with one attached hydrogen (secondary N) is 2.